The Morgan fingerprint density at radius 1 is 1.26 bits per heavy atom. The van der Waals surface area contributed by atoms with Gasteiger partial charge in [0.25, 0.3) is 0 Å². The molecule has 0 unspecified atom stereocenters. The van der Waals surface area contributed by atoms with Gasteiger partial charge in [-0.3, -0.25) is 9.59 Å². The molecule has 1 aromatic carbocycles. The molecule has 1 saturated carbocycles. The van der Waals surface area contributed by atoms with Crippen molar-refractivity contribution in [2.24, 2.45) is 5.41 Å². The largest absolute Gasteiger partial charge is 0.497 e. The van der Waals surface area contributed by atoms with Crippen LogP contribution in [0.1, 0.15) is 38.2 Å². The summed E-state index contributed by atoms with van der Waals surface area (Å²) in [5.74, 6) is 0.589. The molecular weight excluding hydrogens is 292 g/mol. The first kappa shape index (κ1) is 17.3. The summed E-state index contributed by atoms with van der Waals surface area (Å²) in [5.41, 5.74) is 0.163. The van der Waals surface area contributed by atoms with Crippen LogP contribution in [-0.2, 0) is 16.1 Å². The van der Waals surface area contributed by atoms with Crippen molar-refractivity contribution < 1.29 is 14.3 Å². The summed E-state index contributed by atoms with van der Waals surface area (Å²) in [5, 5.41) is 2.90. The minimum Gasteiger partial charge on any atom is -0.497 e. The van der Waals surface area contributed by atoms with E-state index < -0.39 is 5.41 Å². The molecule has 5 heteroatoms. The van der Waals surface area contributed by atoms with Gasteiger partial charge in [0.05, 0.1) is 7.11 Å². The summed E-state index contributed by atoms with van der Waals surface area (Å²) in [7, 11) is 3.41. The fourth-order valence-electron chi connectivity index (χ4n) is 2.62. The third-order valence-corrected chi connectivity index (χ3v) is 4.40. The number of hydrogen-bond acceptors (Lipinski definition) is 3. The summed E-state index contributed by atoms with van der Waals surface area (Å²) in [4.78, 5) is 26.7. The van der Waals surface area contributed by atoms with E-state index in [0.717, 1.165) is 24.2 Å². The lowest BCUT2D eigenvalue weighted by Crippen LogP contribution is -2.43. The Morgan fingerprint density at radius 2 is 1.91 bits per heavy atom. The lowest BCUT2D eigenvalue weighted by atomic mass is 10.0. The third kappa shape index (κ3) is 4.03. The minimum absolute atomic E-state index is 0.0434. The number of methoxy groups -OCH3 is 1. The molecule has 1 aliphatic rings. The molecule has 23 heavy (non-hydrogen) atoms. The van der Waals surface area contributed by atoms with Crippen molar-refractivity contribution in [3.8, 4) is 5.75 Å². The number of carbonyl (C=O) groups is 2. The van der Waals surface area contributed by atoms with Crippen molar-refractivity contribution in [3.05, 3.63) is 29.8 Å². The van der Waals surface area contributed by atoms with E-state index >= 15 is 0 Å². The normalized spacial score (nSPS) is 14.9. The summed E-state index contributed by atoms with van der Waals surface area (Å²) >= 11 is 0. The Morgan fingerprint density at radius 3 is 2.43 bits per heavy atom. The zero-order valence-corrected chi connectivity index (χ0v) is 14.2. The van der Waals surface area contributed by atoms with E-state index in [1.807, 2.05) is 24.3 Å². The third-order valence-electron chi connectivity index (χ3n) is 4.40. The molecule has 0 aliphatic heterocycles. The Labute approximate surface area is 138 Å². The lowest BCUT2D eigenvalue weighted by Gasteiger charge is -2.23. The molecule has 0 aromatic heterocycles. The first-order valence-electron chi connectivity index (χ1n) is 8.20. The maximum absolute atomic E-state index is 12.5. The molecule has 0 radical (unpaired) electrons. The molecule has 0 atom stereocenters. The molecule has 5 nitrogen and oxygen atoms in total. The highest BCUT2D eigenvalue weighted by molar-refractivity contribution is 6.07. The van der Waals surface area contributed by atoms with Gasteiger partial charge >= 0.3 is 0 Å². The maximum Gasteiger partial charge on any atom is 0.238 e. The molecule has 1 aliphatic carbocycles. The lowest BCUT2D eigenvalue weighted by molar-refractivity contribution is -0.143. The van der Waals surface area contributed by atoms with Gasteiger partial charge in [0.1, 0.15) is 11.2 Å². The molecular formula is C18H26N2O3. The fourth-order valence-corrected chi connectivity index (χ4v) is 2.62. The molecule has 0 spiro atoms. The number of benzene rings is 1. The van der Waals surface area contributed by atoms with E-state index in [0.29, 0.717) is 25.9 Å². The van der Waals surface area contributed by atoms with Crippen LogP contribution in [0.4, 0.5) is 0 Å². The van der Waals surface area contributed by atoms with Crippen molar-refractivity contribution in [3.63, 3.8) is 0 Å². The van der Waals surface area contributed by atoms with Gasteiger partial charge in [0.2, 0.25) is 11.8 Å². The highest BCUT2D eigenvalue weighted by Gasteiger charge is 2.57. The van der Waals surface area contributed by atoms with E-state index in [1.54, 1.807) is 19.1 Å². The molecule has 1 N–H and O–H groups in total. The molecule has 1 fully saturated rings. The van der Waals surface area contributed by atoms with Gasteiger partial charge < -0.3 is 15.0 Å². The number of ether oxygens (including phenoxy) is 1. The Bertz CT molecular complexity index is 550. The number of nitrogens with zero attached hydrogens (tertiary/aromatic N) is 1. The second-order valence-electron chi connectivity index (χ2n) is 6.19. The predicted octanol–water partition coefficient (Wildman–Crippen LogP) is 2.35. The molecule has 0 saturated heterocycles. The fraction of sp³-hybridized carbons (Fsp3) is 0.556. The van der Waals surface area contributed by atoms with E-state index in [1.165, 1.54) is 0 Å². The van der Waals surface area contributed by atoms with Crippen LogP contribution in [0.3, 0.4) is 0 Å². The Balaban J connectivity index is 1.90. The van der Waals surface area contributed by atoms with E-state index in [9.17, 15) is 9.59 Å². The predicted molar refractivity (Wildman–Crippen MR) is 89.1 cm³/mol. The van der Waals surface area contributed by atoms with Crippen LogP contribution in [0.25, 0.3) is 0 Å². The monoisotopic (exact) mass is 318 g/mol. The van der Waals surface area contributed by atoms with E-state index in [-0.39, 0.29) is 11.8 Å². The number of unbranched alkanes of at least 4 members (excludes halogenated alkanes) is 1. The first-order chi connectivity index (χ1) is 11.0. The van der Waals surface area contributed by atoms with Crippen molar-refractivity contribution in [1.82, 2.24) is 10.2 Å². The van der Waals surface area contributed by atoms with Crippen LogP contribution in [0.5, 0.6) is 5.75 Å². The Hall–Kier alpha value is -2.04. The van der Waals surface area contributed by atoms with Crippen LogP contribution >= 0.6 is 0 Å². The first-order valence-corrected chi connectivity index (χ1v) is 8.20. The molecule has 0 bridgehead atoms. The van der Waals surface area contributed by atoms with Crippen LogP contribution < -0.4 is 10.1 Å². The second-order valence-corrected chi connectivity index (χ2v) is 6.19. The van der Waals surface area contributed by atoms with Gasteiger partial charge in [0.15, 0.2) is 0 Å². The summed E-state index contributed by atoms with van der Waals surface area (Å²) in [6, 6.07) is 7.54. The zero-order chi connectivity index (χ0) is 16.9. The van der Waals surface area contributed by atoms with Gasteiger partial charge in [-0.2, -0.15) is 0 Å². The molecule has 0 heterocycles. The van der Waals surface area contributed by atoms with Crippen LogP contribution in [0, 0.1) is 5.41 Å². The van der Waals surface area contributed by atoms with Gasteiger partial charge in [-0.1, -0.05) is 25.5 Å². The van der Waals surface area contributed by atoms with Crippen molar-refractivity contribution in [2.45, 2.75) is 39.2 Å². The number of nitrogens with one attached hydrogen (secondary N) is 1. The Kier molecular flexibility index (Phi) is 5.64. The average molecular weight is 318 g/mol. The summed E-state index contributed by atoms with van der Waals surface area (Å²) in [6.07, 6.45) is 3.30. The van der Waals surface area contributed by atoms with Crippen LogP contribution in [0.15, 0.2) is 24.3 Å². The summed E-state index contributed by atoms with van der Waals surface area (Å²) < 4.78 is 5.11. The molecule has 2 amide bonds. The van der Waals surface area contributed by atoms with Crippen LogP contribution in [0.2, 0.25) is 0 Å². The highest BCUT2D eigenvalue weighted by Crippen LogP contribution is 2.47. The van der Waals surface area contributed by atoms with Crippen molar-refractivity contribution in [2.75, 3.05) is 20.7 Å². The minimum atomic E-state index is -0.824. The smallest absolute Gasteiger partial charge is 0.238 e. The quantitative estimate of drug-likeness (QED) is 0.749. The summed E-state index contributed by atoms with van der Waals surface area (Å²) in [6.45, 7) is 3.23. The van der Waals surface area contributed by atoms with Gasteiger partial charge in [-0.15, -0.1) is 0 Å². The van der Waals surface area contributed by atoms with Gasteiger partial charge in [-0.25, -0.2) is 0 Å². The molecule has 2 rings (SSSR count). The topological polar surface area (TPSA) is 58.6 Å². The number of rotatable bonds is 8. The van der Waals surface area contributed by atoms with Crippen molar-refractivity contribution >= 4 is 11.8 Å². The molecule has 1 aromatic rings. The second kappa shape index (κ2) is 7.49. The SMILES string of the molecule is CCCCN(C)C(=O)C1(C(=O)NCc2ccc(OC)cc2)CC1. The van der Waals surface area contributed by atoms with Crippen LogP contribution in [-0.4, -0.2) is 37.4 Å². The maximum atomic E-state index is 12.5. The van der Waals surface area contributed by atoms with Crippen molar-refractivity contribution in [1.29, 1.82) is 0 Å². The van der Waals surface area contributed by atoms with E-state index in [2.05, 4.69) is 12.2 Å². The van der Waals surface area contributed by atoms with Gasteiger partial charge in [-0.05, 0) is 37.0 Å². The average Bonchev–Trinajstić information content (AvgIpc) is 3.39. The zero-order valence-electron chi connectivity index (χ0n) is 14.2. The number of hydrogen-bond donors (Lipinski definition) is 1. The standard InChI is InChI=1S/C18H26N2O3/c1-4-5-12-20(2)17(22)18(10-11-18)16(21)19-13-14-6-8-15(23-3)9-7-14/h6-9H,4-5,10-13H2,1-3H3,(H,19,21). The number of amides is 2. The molecule has 126 valence electrons. The van der Waals surface area contributed by atoms with E-state index in [4.69, 9.17) is 4.74 Å². The highest BCUT2D eigenvalue weighted by atomic mass is 16.5. The number of carbonyl (C=O) groups excluding carboxylic acids is 2. The van der Waals surface area contributed by atoms with Gasteiger partial charge in [0, 0.05) is 20.1 Å².